The predicted octanol–water partition coefficient (Wildman–Crippen LogP) is 1.46. The minimum Gasteiger partial charge on any atom is -0.495 e. The van der Waals surface area contributed by atoms with Crippen LogP contribution in [0.15, 0.2) is 24.3 Å². The summed E-state index contributed by atoms with van der Waals surface area (Å²) in [5.41, 5.74) is 6.16. The Morgan fingerprint density at radius 3 is 2.94 bits per heavy atom. The third-order valence-corrected chi connectivity index (χ3v) is 2.01. The zero-order valence-electron chi connectivity index (χ0n) is 8.93. The second-order valence-corrected chi connectivity index (χ2v) is 3.11. The molecule has 0 aliphatic heterocycles. The Morgan fingerprint density at radius 1 is 1.62 bits per heavy atom. The lowest BCUT2D eigenvalue weighted by Crippen LogP contribution is -2.07. The van der Waals surface area contributed by atoms with Crippen LogP contribution in [0, 0.1) is 11.3 Å². The summed E-state index contributed by atoms with van der Waals surface area (Å²) in [6.07, 6.45) is 3.46. The summed E-state index contributed by atoms with van der Waals surface area (Å²) < 4.78 is 5.06. The third kappa shape index (κ3) is 2.85. The van der Waals surface area contributed by atoms with Gasteiger partial charge in [-0.1, -0.05) is 24.3 Å². The van der Waals surface area contributed by atoms with E-state index < -0.39 is 5.91 Å². The Kier molecular flexibility index (Phi) is 4.10. The first-order chi connectivity index (χ1) is 7.69. The second-order valence-electron chi connectivity index (χ2n) is 3.11. The average molecular weight is 216 g/mol. The zero-order chi connectivity index (χ0) is 12.0. The molecule has 1 amide bonds. The van der Waals surface area contributed by atoms with Gasteiger partial charge in [-0.25, -0.2) is 0 Å². The van der Waals surface area contributed by atoms with E-state index in [0.29, 0.717) is 16.9 Å². The van der Waals surface area contributed by atoms with Gasteiger partial charge in [0, 0.05) is 6.42 Å². The van der Waals surface area contributed by atoms with Crippen molar-refractivity contribution in [1.82, 2.24) is 0 Å². The van der Waals surface area contributed by atoms with Gasteiger partial charge in [0.1, 0.15) is 17.4 Å². The average Bonchev–Trinajstić information content (AvgIpc) is 2.28. The van der Waals surface area contributed by atoms with Gasteiger partial charge in [0.25, 0.3) is 0 Å². The number of ether oxygens (including phenoxy) is 1. The minimum atomic E-state index is -0.405. The van der Waals surface area contributed by atoms with Gasteiger partial charge < -0.3 is 10.5 Å². The van der Waals surface area contributed by atoms with Gasteiger partial charge in [-0.05, 0) is 11.6 Å². The number of hydrogen-bond donors (Lipinski definition) is 1. The maximum atomic E-state index is 10.5. The van der Waals surface area contributed by atoms with Crippen molar-refractivity contribution in [2.24, 2.45) is 5.73 Å². The number of amides is 1. The largest absolute Gasteiger partial charge is 0.495 e. The van der Waals surface area contributed by atoms with Gasteiger partial charge in [-0.15, -0.1) is 0 Å². The van der Waals surface area contributed by atoms with Gasteiger partial charge in [0.05, 0.1) is 7.11 Å². The summed E-state index contributed by atoms with van der Waals surface area (Å²) in [6.45, 7) is 0. The van der Waals surface area contributed by atoms with Crippen molar-refractivity contribution in [3.8, 4) is 11.8 Å². The highest BCUT2D eigenvalue weighted by Gasteiger charge is 2.05. The van der Waals surface area contributed by atoms with E-state index in [4.69, 9.17) is 15.7 Å². The summed E-state index contributed by atoms with van der Waals surface area (Å²) in [6, 6.07) is 7.33. The molecule has 0 fully saturated rings. The van der Waals surface area contributed by atoms with Crippen molar-refractivity contribution in [2.75, 3.05) is 7.11 Å². The Labute approximate surface area is 93.9 Å². The number of benzene rings is 1. The molecule has 0 radical (unpaired) electrons. The van der Waals surface area contributed by atoms with Crippen molar-refractivity contribution in [3.05, 3.63) is 35.4 Å². The number of hydrogen-bond acceptors (Lipinski definition) is 3. The van der Waals surface area contributed by atoms with E-state index in [1.54, 1.807) is 30.4 Å². The van der Waals surface area contributed by atoms with Crippen LogP contribution in [0.4, 0.5) is 0 Å². The smallest absolute Gasteiger partial charge is 0.221 e. The Morgan fingerprint density at radius 2 is 2.38 bits per heavy atom. The molecule has 2 N–H and O–H groups in total. The number of nitrogens with two attached hydrogens (primary N) is 1. The topological polar surface area (TPSA) is 76.1 Å². The predicted molar refractivity (Wildman–Crippen MR) is 60.6 cm³/mol. The molecule has 1 aromatic rings. The molecule has 0 aliphatic carbocycles. The van der Waals surface area contributed by atoms with E-state index in [0.717, 1.165) is 0 Å². The van der Waals surface area contributed by atoms with Crippen LogP contribution in [0.5, 0.6) is 5.75 Å². The van der Waals surface area contributed by atoms with E-state index >= 15 is 0 Å². The fourth-order valence-electron chi connectivity index (χ4n) is 1.28. The van der Waals surface area contributed by atoms with E-state index in [-0.39, 0.29) is 6.42 Å². The third-order valence-electron chi connectivity index (χ3n) is 2.01. The SMILES string of the molecule is COc1cccc(C=CCC(N)=O)c1C#N. The van der Waals surface area contributed by atoms with Crippen LogP contribution in [0.3, 0.4) is 0 Å². The molecule has 0 saturated carbocycles. The number of carbonyl (C=O) groups is 1. The van der Waals surface area contributed by atoms with Gasteiger partial charge in [0.15, 0.2) is 0 Å². The van der Waals surface area contributed by atoms with E-state index in [1.165, 1.54) is 7.11 Å². The van der Waals surface area contributed by atoms with Crippen molar-refractivity contribution in [2.45, 2.75) is 6.42 Å². The first-order valence-electron chi connectivity index (χ1n) is 4.71. The maximum Gasteiger partial charge on any atom is 0.221 e. The van der Waals surface area contributed by atoms with Crippen LogP contribution in [0.25, 0.3) is 6.08 Å². The second kappa shape index (κ2) is 5.56. The standard InChI is InChI=1S/C12H12N2O2/c1-16-11-6-2-4-9(10(11)8-13)5-3-7-12(14)15/h2-6H,7H2,1H3,(H2,14,15). The van der Waals surface area contributed by atoms with Gasteiger partial charge in [-0.2, -0.15) is 5.26 Å². The number of rotatable bonds is 4. The zero-order valence-corrected chi connectivity index (χ0v) is 8.93. The summed E-state index contributed by atoms with van der Waals surface area (Å²) in [5, 5.41) is 8.98. The van der Waals surface area contributed by atoms with Crippen molar-refractivity contribution in [3.63, 3.8) is 0 Å². The lowest BCUT2D eigenvalue weighted by atomic mass is 10.1. The molecule has 4 nitrogen and oxygen atoms in total. The van der Waals surface area contributed by atoms with Crippen molar-refractivity contribution < 1.29 is 9.53 Å². The maximum absolute atomic E-state index is 10.5. The van der Waals surface area contributed by atoms with Crippen molar-refractivity contribution in [1.29, 1.82) is 5.26 Å². The summed E-state index contributed by atoms with van der Waals surface area (Å²) >= 11 is 0. The molecule has 0 aliphatic rings. The molecular formula is C12H12N2O2. The highest BCUT2D eigenvalue weighted by Crippen LogP contribution is 2.22. The van der Waals surface area contributed by atoms with Crippen LogP contribution in [-0.2, 0) is 4.79 Å². The molecule has 0 spiro atoms. The van der Waals surface area contributed by atoms with Crippen LogP contribution >= 0.6 is 0 Å². The molecule has 16 heavy (non-hydrogen) atoms. The number of nitriles is 1. The molecule has 0 unspecified atom stereocenters. The quantitative estimate of drug-likeness (QED) is 0.827. The first kappa shape index (κ1) is 11.8. The molecule has 82 valence electrons. The van der Waals surface area contributed by atoms with E-state index in [2.05, 4.69) is 6.07 Å². The highest BCUT2D eigenvalue weighted by molar-refractivity contribution is 5.77. The normalized spacial score (nSPS) is 10.0. The molecule has 1 aromatic carbocycles. The first-order valence-corrected chi connectivity index (χ1v) is 4.71. The molecule has 0 atom stereocenters. The molecular weight excluding hydrogens is 204 g/mol. The highest BCUT2D eigenvalue weighted by atomic mass is 16.5. The minimum absolute atomic E-state index is 0.155. The summed E-state index contributed by atoms with van der Waals surface area (Å²) in [5.74, 6) is 0.112. The van der Waals surface area contributed by atoms with Gasteiger partial charge in [-0.3, -0.25) is 4.79 Å². The number of nitrogens with zero attached hydrogens (tertiary/aromatic N) is 1. The van der Waals surface area contributed by atoms with Crippen LogP contribution in [0.1, 0.15) is 17.5 Å². The van der Waals surface area contributed by atoms with E-state index in [1.807, 2.05) is 0 Å². The number of methoxy groups -OCH3 is 1. The summed E-state index contributed by atoms with van der Waals surface area (Å²) in [4.78, 5) is 10.5. The number of carbonyl (C=O) groups excluding carboxylic acids is 1. The molecule has 0 aromatic heterocycles. The Balaban J connectivity index is 3.01. The van der Waals surface area contributed by atoms with Crippen molar-refractivity contribution >= 4 is 12.0 Å². The fraction of sp³-hybridized carbons (Fsp3) is 0.167. The van der Waals surface area contributed by atoms with E-state index in [9.17, 15) is 4.79 Å². The molecule has 0 saturated heterocycles. The monoisotopic (exact) mass is 216 g/mol. The molecule has 1 rings (SSSR count). The Bertz CT molecular complexity index is 459. The molecule has 0 bridgehead atoms. The summed E-state index contributed by atoms with van der Waals surface area (Å²) in [7, 11) is 1.51. The van der Waals surface area contributed by atoms with Crippen LogP contribution < -0.4 is 10.5 Å². The Hall–Kier alpha value is -2.28. The van der Waals surface area contributed by atoms with Crippen LogP contribution in [0.2, 0.25) is 0 Å². The lowest BCUT2D eigenvalue weighted by molar-refractivity contribution is -0.117. The lowest BCUT2D eigenvalue weighted by Gasteiger charge is -2.04. The molecule has 4 heteroatoms. The molecule has 0 heterocycles. The number of primary amides is 1. The van der Waals surface area contributed by atoms with Gasteiger partial charge in [0.2, 0.25) is 5.91 Å². The fourth-order valence-corrected chi connectivity index (χ4v) is 1.28. The van der Waals surface area contributed by atoms with Crippen LogP contribution in [-0.4, -0.2) is 13.0 Å². The van der Waals surface area contributed by atoms with Gasteiger partial charge >= 0.3 is 0 Å².